The fraction of sp³-hybridized carbons (Fsp3) is 0.875. The van der Waals surface area contributed by atoms with Gasteiger partial charge in [0.25, 0.3) is 0 Å². The molecule has 0 aromatic heterocycles. The Morgan fingerprint density at radius 1 is 1.67 bits per heavy atom. The van der Waals surface area contributed by atoms with Crippen LogP contribution in [0.2, 0.25) is 0 Å². The van der Waals surface area contributed by atoms with E-state index >= 15 is 0 Å². The quantitative estimate of drug-likeness (QED) is 0.550. The van der Waals surface area contributed by atoms with Crippen LogP contribution in [0, 0.1) is 5.92 Å². The summed E-state index contributed by atoms with van der Waals surface area (Å²) in [6.45, 7) is 1.79. The van der Waals surface area contributed by atoms with E-state index < -0.39 is 5.97 Å². The van der Waals surface area contributed by atoms with Gasteiger partial charge in [0.15, 0.2) is 0 Å². The Bertz CT molecular complexity index is 161. The van der Waals surface area contributed by atoms with E-state index in [9.17, 15) is 4.79 Å². The Labute approximate surface area is 72.1 Å². The maximum absolute atomic E-state index is 10.3. The lowest BCUT2D eigenvalue weighted by molar-refractivity contribution is -0.137. The summed E-state index contributed by atoms with van der Waals surface area (Å²) < 4.78 is 0. The molecule has 4 N–H and O–H groups in total. The van der Waals surface area contributed by atoms with Gasteiger partial charge in [0.05, 0.1) is 0 Å². The van der Waals surface area contributed by atoms with Crippen LogP contribution in [-0.4, -0.2) is 30.2 Å². The molecule has 0 saturated carbocycles. The first-order chi connectivity index (χ1) is 5.70. The van der Waals surface area contributed by atoms with Crippen LogP contribution in [0.3, 0.4) is 0 Å². The van der Waals surface area contributed by atoms with Crippen LogP contribution < -0.4 is 11.1 Å². The average Bonchev–Trinajstić information content (AvgIpc) is 2.03. The first-order valence-corrected chi connectivity index (χ1v) is 4.38. The van der Waals surface area contributed by atoms with E-state index in [1.54, 1.807) is 0 Å². The van der Waals surface area contributed by atoms with Crippen LogP contribution in [-0.2, 0) is 4.79 Å². The third kappa shape index (κ3) is 2.79. The molecule has 0 radical (unpaired) electrons. The molecule has 1 fully saturated rings. The highest BCUT2D eigenvalue weighted by molar-refractivity contribution is 5.66. The molecule has 0 unspecified atom stereocenters. The van der Waals surface area contributed by atoms with Gasteiger partial charge in [0.2, 0.25) is 0 Å². The lowest BCUT2D eigenvalue weighted by atomic mass is 9.89. The van der Waals surface area contributed by atoms with E-state index in [1.807, 2.05) is 0 Å². The third-order valence-electron chi connectivity index (χ3n) is 2.41. The van der Waals surface area contributed by atoms with Crippen LogP contribution in [0.15, 0.2) is 0 Å². The lowest BCUT2D eigenvalue weighted by Gasteiger charge is -2.28. The summed E-state index contributed by atoms with van der Waals surface area (Å²) in [7, 11) is 0. The number of carboxylic acid groups (broad SMARTS) is 1. The molecule has 0 spiro atoms. The van der Waals surface area contributed by atoms with Gasteiger partial charge in [-0.1, -0.05) is 0 Å². The van der Waals surface area contributed by atoms with Crippen molar-refractivity contribution >= 4 is 5.97 Å². The molecule has 1 aliphatic heterocycles. The van der Waals surface area contributed by atoms with Crippen molar-refractivity contribution in [1.82, 2.24) is 5.32 Å². The number of nitrogens with one attached hydrogen (secondary N) is 1. The largest absolute Gasteiger partial charge is 0.481 e. The molecule has 0 aromatic carbocycles. The minimum Gasteiger partial charge on any atom is -0.481 e. The van der Waals surface area contributed by atoms with Gasteiger partial charge in [0.1, 0.15) is 0 Å². The van der Waals surface area contributed by atoms with E-state index in [1.165, 1.54) is 0 Å². The van der Waals surface area contributed by atoms with Crippen molar-refractivity contribution in [2.75, 3.05) is 13.1 Å². The third-order valence-corrected chi connectivity index (χ3v) is 2.41. The van der Waals surface area contributed by atoms with Crippen LogP contribution in [0.5, 0.6) is 0 Å². The molecule has 0 amide bonds. The predicted molar refractivity (Wildman–Crippen MR) is 45.8 cm³/mol. The van der Waals surface area contributed by atoms with Gasteiger partial charge in [-0.05, 0) is 25.3 Å². The molecule has 4 nitrogen and oxygen atoms in total. The topological polar surface area (TPSA) is 75.3 Å². The van der Waals surface area contributed by atoms with Gasteiger partial charge in [0, 0.05) is 19.0 Å². The zero-order chi connectivity index (χ0) is 8.97. The minimum atomic E-state index is -0.722. The second kappa shape index (κ2) is 4.42. The van der Waals surface area contributed by atoms with E-state index in [-0.39, 0.29) is 12.5 Å². The molecule has 1 rings (SSSR count). The molecule has 2 atom stereocenters. The van der Waals surface area contributed by atoms with Crippen LogP contribution in [0.4, 0.5) is 0 Å². The maximum Gasteiger partial charge on any atom is 0.303 e. The monoisotopic (exact) mass is 172 g/mol. The van der Waals surface area contributed by atoms with Crippen LogP contribution in [0.1, 0.15) is 19.3 Å². The Morgan fingerprint density at radius 3 is 3.00 bits per heavy atom. The molecular formula is C8H16N2O2. The molecule has 0 aromatic rings. The SMILES string of the molecule is N[C@H]1CNCC[C@@H]1CCC(=O)O. The number of carbonyl (C=O) groups is 1. The smallest absolute Gasteiger partial charge is 0.303 e. The molecule has 0 aliphatic carbocycles. The van der Waals surface area contributed by atoms with Gasteiger partial charge in [-0.25, -0.2) is 0 Å². The van der Waals surface area contributed by atoms with Crippen molar-refractivity contribution < 1.29 is 9.90 Å². The van der Waals surface area contributed by atoms with Crippen LogP contribution in [0.25, 0.3) is 0 Å². The average molecular weight is 172 g/mol. The highest BCUT2D eigenvalue weighted by Gasteiger charge is 2.21. The molecule has 12 heavy (non-hydrogen) atoms. The summed E-state index contributed by atoms with van der Waals surface area (Å²) in [6, 6.07) is 0.137. The fourth-order valence-electron chi connectivity index (χ4n) is 1.60. The molecule has 1 saturated heterocycles. The lowest BCUT2D eigenvalue weighted by Crippen LogP contribution is -2.46. The van der Waals surface area contributed by atoms with E-state index in [0.29, 0.717) is 5.92 Å². The number of aliphatic carboxylic acids is 1. The van der Waals surface area contributed by atoms with Crippen molar-refractivity contribution in [3.63, 3.8) is 0 Å². The van der Waals surface area contributed by atoms with Crippen molar-refractivity contribution in [3.05, 3.63) is 0 Å². The van der Waals surface area contributed by atoms with E-state index in [4.69, 9.17) is 10.8 Å². The summed E-state index contributed by atoms with van der Waals surface area (Å²) >= 11 is 0. The van der Waals surface area contributed by atoms with Gasteiger partial charge in [-0.15, -0.1) is 0 Å². The van der Waals surface area contributed by atoms with Gasteiger partial charge in [-0.3, -0.25) is 4.79 Å². The summed E-state index contributed by atoms with van der Waals surface area (Å²) in [6.07, 6.45) is 1.98. The zero-order valence-electron chi connectivity index (χ0n) is 7.12. The van der Waals surface area contributed by atoms with Gasteiger partial charge in [-0.2, -0.15) is 0 Å². The highest BCUT2D eigenvalue weighted by Crippen LogP contribution is 2.16. The van der Waals surface area contributed by atoms with E-state index in [0.717, 1.165) is 25.9 Å². The number of piperidine rings is 1. The Balaban J connectivity index is 2.24. The van der Waals surface area contributed by atoms with Gasteiger partial charge < -0.3 is 16.2 Å². The molecule has 1 heterocycles. The zero-order valence-corrected chi connectivity index (χ0v) is 7.12. The van der Waals surface area contributed by atoms with Crippen molar-refractivity contribution in [2.24, 2.45) is 11.7 Å². The number of nitrogens with two attached hydrogens (primary N) is 1. The molecule has 0 bridgehead atoms. The number of rotatable bonds is 3. The molecular weight excluding hydrogens is 156 g/mol. The van der Waals surface area contributed by atoms with Crippen molar-refractivity contribution in [1.29, 1.82) is 0 Å². The van der Waals surface area contributed by atoms with Gasteiger partial charge >= 0.3 is 5.97 Å². The second-order valence-corrected chi connectivity index (χ2v) is 3.35. The highest BCUT2D eigenvalue weighted by atomic mass is 16.4. The Morgan fingerprint density at radius 2 is 2.42 bits per heavy atom. The number of carboxylic acids is 1. The Kier molecular flexibility index (Phi) is 3.49. The fourth-order valence-corrected chi connectivity index (χ4v) is 1.60. The van der Waals surface area contributed by atoms with Crippen molar-refractivity contribution in [2.45, 2.75) is 25.3 Å². The number of hydrogen-bond acceptors (Lipinski definition) is 3. The first kappa shape index (κ1) is 9.48. The first-order valence-electron chi connectivity index (χ1n) is 4.38. The standard InChI is InChI=1S/C8H16N2O2/c9-7-5-10-4-3-6(7)1-2-8(11)12/h6-7,10H,1-5,9H2,(H,11,12)/t6-,7-/m0/s1. The maximum atomic E-state index is 10.3. The predicted octanol–water partition coefficient (Wildman–Crippen LogP) is -0.212. The Hall–Kier alpha value is -0.610. The molecule has 70 valence electrons. The second-order valence-electron chi connectivity index (χ2n) is 3.35. The summed E-state index contributed by atoms with van der Waals surface area (Å²) in [5.74, 6) is -0.330. The minimum absolute atomic E-state index is 0.137. The normalized spacial score (nSPS) is 30.1. The summed E-state index contributed by atoms with van der Waals surface area (Å²) in [4.78, 5) is 10.3. The van der Waals surface area contributed by atoms with Crippen LogP contribution >= 0.6 is 0 Å². The molecule has 1 aliphatic rings. The van der Waals surface area contributed by atoms with E-state index in [2.05, 4.69) is 5.32 Å². The summed E-state index contributed by atoms with van der Waals surface area (Å²) in [5.41, 5.74) is 5.81. The molecule has 4 heteroatoms. The summed E-state index contributed by atoms with van der Waals surface area (Å²) in [5, 5.41) is 11.7. The van der Waals surface area contributed by atoms with Crippen molar-refractivity contribution in [3.8, 4) is 0 Å². The number of hydrogen-bond donors (Lipinski definition) is 3.